The van der Waals surface area contributed by atoms with Crippen LogP contribution in [0.2, 0.25) is 0 Å². The van der Waals surface area contributed by atoms with E-state index < -0.39 is 11.9 Å². The van der Waals surface area contributed by atoms with Crippen molar-refractivity contribution in [2.24, 2.45) is 23.1 Å². The number of unbranched alkanes of at least 4 members (excludes halogenated alkanes) is 1. The summed E-state index contributed by atoms with van der Waals surface area (Å²) in [6, 6.07) is -0.971. The van der Waals surface area contributed by atoms with Gasteiger partial charge in [-0.05, 0) is 51.7 Å². The number of amides is 1. The lowest BCUT2D eigenvalue weighted by Crippen LogP contribution is -2.35. The molecule has 0 bridgehead atoms. The molecule has 0 unspecified atom stereocenters. The highest BCUT2D eigenvalue weighted by atomic mass is 16.1. The number of nitrogens with zero attached hydrogens (tertiary/aromatic N) is 3. The molecule has 1 amide bonds. The predicted molar refractivity (Wildman–Crippen MR) is 93.3 cm³/mol. The average molecular weight is 351 g/mol. The molecule has 2 atom stereocenters. The summed E-state index contributed by atoms with van der Waals surface area (Å²) in [6.45, 7) is 2.32. The number of carbonyl (C=O) groups is 2. The van der Waals surface area contributed by atoms with Crippen LogP contribution in [-0.2, 0) is 9.59 Å². The number of rotatable bonds is 10. The molecule has 9 nitrogen and oxygen atoms in total. The summed E-state index contributed by atoms with van der Waals surface area (Å²) < 4.78 is 1.59. The third-order valence-corrected chi connectivity index (χ3v) is 4.65. The highest BCUT2D eigenvalue weighted by molar-refractivity contribution is 5.85. The quantitative estimate of drug-likeness (QED) is 0.410. The molecule has 9 heteroatoms. The monoisotopic (exact) mass is 351 g/mol. The molecule has 1 fully saturated rings. The Bertz CT molecular complexity index is 569. The number of primary amides is 1. The van der Waals surface area contributed by atoms with E-state index in [0.717, 1.165) is 38.8 Å². The van der Waals surface area contributed by atoms with Crippen LogP contribution in [0.15, 0.2) is 6.20 Å². The van der Waals surface area contributed by atoms with Gasteiger partial charge in [0, 0.05) is 12.3 Å². The van der Waals surface area contributed by atoms with Crippen molar-refractivity contribution in [3.05, 3.63) is 11.9 Å². The number of ketones is 1. The predicted octanol–water partition coefficient (Wildman–Crippen LogP) is -0.608. The van der Waals surface area contributed by atoms with Crippen LogP contribution >= 0.6 is 0 Å². The molecule has 1 aromatic rings. The van der Waals surface area contributed by atoms with Crippen LogP contribution in [0, 0.1) is 5.92 Å². The largest absolute Gasteiger partial charge is 0.370 e. The first kappa shape index (κ1) is 19.5. The fraction of sp³-hybridized carbons (Fsp3) is 0.750. The van der Waals surface area contributed by atoms with Crippen molar-refractivity contribution in [2.75, 3.05) is 19.6 Å². The van der Waals surface area contributed by atoms with E-state index in [4.69, 9.17) is 17.2 Å². The van der Waals surface area contributed by atoms with E-state index in [0.29, 0.717) is 18.7 Å². The maximum Gasteiger partial charge on any atom is 0.219 e. The lowest BCUT2D eigenvalue weighted by atomic mass is 9.88. The lowest BCUT2D eigenvalue weighted by Gasteiger charge is -2.26. The van der Waals surface area contributed by atoms with Gasteiger partial charge in [0.2, 0.25) is 5.91 Å². The molecular formula is C16H29N7O2. The molecule has 25 heavy (non-hydrogen) atoms. The molecule has 0 aromatic carbocycles. The Kier molecular flexibility index (Phi) is 7.48. The number of nitrogens with two attached hydrogens (primary N) is 3. The van der Waals surface area contributed by atoms with E-state index in [1.54, 1.807) is 10.9 Å². The zero-order valence-electron chi connectivity index (χ0n) is 14.6. The van der Waals surface area contributed by atoms with Crippen LogP contribution in [0.4, 0.5) is 0 Å². The van der Waals surface area contributed by atoms with Crippen molar-refractivity contribution in [1.29, 1.82) is 0 Å². The van der Waals surface area contributed by atoms with E-state index in [1.807, 2.05) is 0 Å². The minimum atomic E-state index is -0.607. The Balaban J connectivity index is 2.12. The average Bonchev–Trinajstić information content (AvgIpc) is 3.08. The molecule has 1 aliphatic heterocycles. The van der Waals surface area contributed by atoms with E-state index in [2.05, 4.69) is 15.6 Å². The second kappa shape index (κ2) is 9.59. The number of hydrogen-bond acceptors (Lipinski definition) is 7. The zero-order chi connectivity index (χ0) is 18.2. The summed E-state index contributed by atoms with van der Waals surface area (Å²) in [6.07, 6.45) is 5.73. The fourth-order valence-corrected chi connectivity index (χ4v) is 3.20. The first-order valence-electron chi connectivity index (χ1n) is 8.93. The zero-order valence-corrected chi connectivity index (χ0v) is 14.6. The molecular weight excluding hydrogens is 322 g/mol. The summed E-state index contributed by atoms with van der Waals surface area (Å²) in [5.41, 5.74) is 17.1. The maximum absolute atomic E-state index is 13.0. The Hall–Kier alpha value is -1.84. The Morgan fingerprint density at radius 2 is 2.04 bits per heavy atom. The second-order valence-electron chi connectivity index (χ2n) is 6.63. The Labute approximate surface area is 147 Å². The first-order chi connectivity index (χ1) is 12.0. The van der Waals surface area contributed by atoms with E-state index in [1.165, 1.54) is 0 Å². The Morgan fingerprint density at radius 3 is 2.68 bits per heavy atom. The van der Waals surface area contributed by atoms with Crippen LogP contribution < -0.4 is 22.5 Å². The van der Waals surface area contributed by atoms with Gasteiger partial charge in [0.25, 0.3) is 0 Å². The first-order valence-corrected chi connectivity index (χ1v) is 8.93. The van der Waals surface area contributed by atoms with Crippen LogP contribution in [0.25, 0.3) is 0 Å². The molecule has 1 aliphatic rings. The van der Waals surface area contributed by atoms with Gasteiger partial charge in [0.05, 0.1) is 17.9 Å². The van der Waals surface area contributed by atoms with Gasteiger partial charge in [-0.15, -0.1) is 5.10 Å². The molecule has 0 saturated carbocycles. The smallest absolute Gasteiger partial charge is 0.219 e. The molecule has 140 valence electrons. The summed E-state index contributed by atoms with van der Waals surface area (Å²) >= 11 is 0. The Morgan fingerprint density at radius 1 is 1.32 bits per heavy atom. The van der Waals surface area contributed by atoms with Crippen LogP contribution in [0.5, 0.6) is 0 Å². The van der Waals surface area contributed by atoms with E-state index in [-0.39, 0.29) is 24.2 Å². The number of nitrogens with one attached hydrogen (secondary N) is 1. The molecule has 1 saturated heterocycles. The number of aromatic nitrogens is 3. The van der Waals surface area contributed by atoms with Gasteiger partial charge in [0.1, 0.15) is 6.04 Å². The van der Waals surface area contributed by atoms with Gasteiger partial charge < -0.3 is 22.5 Å². The maximum atomic E-state index is 13.0. The SMILES string of the molecule is NCCCC[C@@H](C(=O)C1CCNCC1)n1cc([C@@H](N)CC(N)=O)nn1. The van der Waals surface area contributed by atoms with Gasteiger partial charge in [0.15, 0.2) is 5.78 Å². The second-order valence-corrected chi connectivity index (χ2v) is 6.63. The van der Waals surface area contributed by atoms with Gasteiger partial charge in [-0.1, -0.05) is 5.21 Å². The van der Waals surface area contributed by atoms with Gasteiger partial charge in [-0.3, -0.25) is 9.59 Å². The molecule has 0 radical (unpaired) electrons. The van der Waals surface area contributed by atoms with Crippen LogP contribution in [-0.4, -0.2) is 46.3 Å². The molecule has 0 aliphatic carbocycles. The minimum absolute atomic E-state index is 0.00122. The number of piperidine rings is 1. The lowest BCUT2D eigenvalue weighted by molar-refractivity contribution is -0.127. The standard InChI is InChI=1S/C16H29N7O2/c17-6-2-1-3-14(16(25)11-4-7-20-8-5-11)23-10-13(21-22-23)12(18)9-15(19)24/h10-12,14,20H,1-9,17-18H2,(H2,19,24)/t12-,14-/m0/s1. The normalized spacial score (nSPS) is 18.0. The van der Waals surface area contributed by atoms with Gasteiger partial charge in [-0.2, -0.15) is 0 Å². The third kappa shape index (κ3) is 5.58. The van der Waals surface area contributed by atoms with Gasteiger partial charge in [-0.25, -0.2) is 4.68 Å². The minimum Gasteiger partial charge on any atom is -0.370 e. The van der Waals surface area contributed by atoms with Crippen molar-refractivity contribution < 1.29 is 9.59 Å². The third-order valence-electron chi connectivity index (χ3n) is 4.65. The van der Waals surface area contributed by atoms with Crippen molar-refractivity contribution >= 4 is 11.7 Å². The molecule has 2 rings (SSSR count). The number of hydrogen-bond donors (Lipinski definition) is 4. The number of carbonyl (C=O) groups excluding carboxylic acids is 2. The van der Waals surface area contributed by atoms with E-state index in [9.17, 15) is 9.59 Å². The van der Waals surface area contributed by atoms with Crippen LogP contribution in [0.3, 0.4) is 0 Å². The summed E-state index contributed by atoms with van der Waals surface area (Å²) in [7, 11) is 0. The summed E-state index contributed by atoms with van der Waals surface area (Å²) in [4.78, 5) is 24.0. The summed E-state index contributed by atoms with van der Waals surface area (Å²) in [5.74, 6) is -0.262. The topological polar surface area (TPSA) is 155 Å². The van der Waals surface area contributed by atoms with Crippen LogP contribution in [0.1, 0.15) is 56.3 Å². The summed E-state index contributed by atoms with van der Waals surface area (Å²) in [5, 5.41) is 11.4. The number of Topliss-reactive ketones (excluding diaryl/α,β-unsaturated/α-hetero) is 1. The van der Waals surface area contributed by atoms with Crippen molar-refractivity contribution in [1.82, 2.24) is 20.3 Å². The fourth-order valence-electron chi connectivity index (χ4n) is 3.20. The van der Waals surface area contributed by atoms with Crippen molar-refractivity contribution in [3.8, 4) is 0 Å². The molecule has 2 heterocycles. The highest BCUT2D eigenvalue weighted by Gasteiger charge is 2.30. The van der Waals surface area contributed by atoms with Crippen molar-refractivity contribution in [3.63, 3.8) is 0 Å². The molecule has 0 spiro atoms. The van der Waals surface area contributed by atoms with E-state index >= 15 is 0 Å². The molecule has 1 aromatic heterocycles. The van der Waals surface area contributed by atoms with Gasteiger partial charge >= 0.3 is 0 Å². The van der Waals surface area contributed by atoms with Crippen molar-refractivity contribution in [2.45, 2.75) is 50.6 Å². The highest BCUT2D eigenvalue weighted by Crippen LogP contribution is 2.25. The molecule has 7 N–H and O–H groups in total.